The molecule has 154 valence electrons. The summed E-state index contributed by atoms with van der Waals surface area (Å²) in [7, 11) is 1.61. The van der Waals surface area contributed by atoms with E-state index >= 15 is 0 Å². The highest BCUT2D eigenvalue weighted by molar-refractivity contribution is 5.69. The second kappa shape index (κ2) is 20.4. The van der Waals surface area contributed by atoms with Crippen molar-refractivity contribution in [1.29, 1.82) is 0 Å². The van der Waals surface area contributed by atoms with Crippen LogP contribution in [0.2, 0.25) is 0 Å². The summed E-state index contributed by atoms with van der Waals surface area (Å²) in [6.45, 7) is 2.78. The topological polar surface area (TPSA) is 61.5 Å². The first-order chi connectivity index (χ1) is 12.7. The van der Waals surface area contributed by atoms with Crippen molar-refractivity contribution in [2.24, 2.45) is 5.73 Å². The number of allylic oxidation sites excluding steroid dienone is 2. The van der Waals surface area contributed by atoms with E-state index in [1.54, 1.807) is 7.11 Å². The van der Waals surface area contributed by atoms with Crippen molar-refractivity contribution >= 4 is 5.97 Å². The number of esters is 1. The SMILES string of the molecule is CCCCCCCC/C=C\CCCCCCCC(=O)OC(N)CCOC. The largest absolute Gasteiger partial charge is 0.447 e. The Morgan fingerprint density at radius 2 is 1.42 bits per heavy atom. The maximum Gasteiger partial charge on any atom is 0.307 e. The first kappa shape index (κ1) is 25.1. The fourth-order valence-corrected chi connectivity index (χ4v) is 2.86. The molecule has 1 unspecified atom stereocenters. The molecule has 1 atom stereocenters. The lowest BCUT2D eigenvalue weighted by atomic mass is 10.1. The van der Waals surface area contributed by atoms with Gasteiger partial charge in [0.15, 0.2) is 6.23 Å². The lowest BCUT2D eigenvalue weighted by Gasteiger charge is -2.12. The van der Waals surface area contributed by atoms with Crippen LogP contribution in [-0.4, -0.2) is 25.9 Å². The molecule has 0 fully saturated rings. The summed E-state index contributed by atoms with van der Waals surface area (Å²) in [6.07, 6.45) is 21.5. The summed E-state index contributed by atoms with van der Waals surface area (Å²) in [6, 6.07) is 0. The molecule has 0 aliphatic heterocycles. The van der Waals surface area contributed by atoms with E-state index in [0.29, 0.717) is 19.4 Å². The molecule has 4 nitrogen and oxygen atoms in total. The van der Waals surface area contributed by atoms with Crippen LogP contribution in [0.3, 0.4) is 0 Å². The zero-order chi connectivity index (χ0) is 19.3. The predicted molar refractivity (Wildman–Crippen MR) is 110 cm³/mol. The van der Waals surface area contributed by atoms with Crippen LogP contribution in [0.1, 0.15) is 103 Å². The Hall–Kier alpha value is -0.870. The minimum atomic E-state index is -0.537. The Labute approximate surface area is 161 Å². The molecule has 26 heavy (non-hydrogen) atoms. The van der Waals surface area contributed by atoms with E-state index in [1.165, 1.54) is 70.6 Å². The number of hydrogen-bond acceptors (Lipinski definition) is 4. The molecular formula is C22H43NO3. The molecule has 0 heterocycles. The van der Waals surface area contributed by atoms with Gasteiger partial charge in [-0.3, -0.25) is 10.5 Å². The average Bonchev–Trinajstić information content (AvgIpc) is 2.63. The van der Waals surface area contributed by atoms with E-state index in [0.717, 1.165) is 12.8 Å². The average molecular weight is 370 g/mol. The molecule has 2 N–H and O–H groups in total. The van der Waals surface area contributed by atoms with Crippen LogP contribution >= 0.6 is 0 Å². The van der Waals surface area contributed by atoms with Gasteiger partial charge in [0.1, 0.15) is 0 Å². The van der Waals surface area contributed by atoms with E-state index in [-0.39, 0.29) is 5.97 Å². The Kier molecular flexibility index (Phi) is 19.8. The summed E-state index contributed by atoms with van der Waals surface area (Å²) in [5.41, 5.74) is 5.69. The van der Waals surface area contributed by atoms with Crippen molar-refractivity contribution in [3.05, 3.63) is 12.2 Å². The zero-order valence-electron chi connectivity index (χ0n) is 17.3. The van der Waals surface area contributed by atoms with Crippen LogP contribution in [0.4, 0.5) is 0 Å². The number of nitrogens with two attached hydrogens (primary N) is 1. The molecule has 4 heteroatoms. The molecule has 0 aromatic carbocycles. The standard InChI is InChI=1S/C22H43NO3/c1-3-4-5-6-7-8-9-10-11-12-13-14-15-16-17-18-22(24)26-21(23)19-20-25-2/h10-11,21H,3-9,12-20,23H2,1-2H3/b11-10-. The molecule has 0 spiro atoms. The molecule has 0 aliphatic rings. The van der Waals surface area contributed by atoms with Gasteiger partial charge in [-0.25, -0.2) is 0 Å². The summed E-state index contributed by atoms with van der Waals surface area (Å²) >= 11 is 0. The van der Waals surface area contributed by atoms with Crippen molar-refractivity contribution in [3.63, 3.8) is 0 Å². The molecule has 0 bridgehead atoms. The Balaban J connectivity index is 3.28. The van der Waals surface area contributed by atoms with Crippen molar-refractivity contribution < 1.29 is 14.3 Å². The van der Waals surface area contributed by atoms with Crippen LogP contribution in [0.25, 0.3) is 0 Å². The minimum Gasteiger partial charge on any atom is -0.447 e. The third kappa shape index (κ3) is 19.5. The maximum atomic E-state index is 11.6. The van der Waals surface area contributed by atoms with Gasteiger partial charge >= 0.3 is 5.97 Å². The number of unbranched alkanes of at least 4 members (excludes halogenated alkanes) is 11. The zero-order valence-corrected chi connectivity index (χ0v) is 17.3. The molecular weight excluding hydrogens is 326 g/mol. The summed E-state index contributed by atoms with van der Waals surface area (Å²) in [5.74, 6) is -0.189. The maximum absolute atomic E-state index is 11.6. The van der Waals surface area contributed by atoms with Gasteiger partial charge in [-0.15, -0.1) is 0 Å². The lowest BCUT2D eigenvalue weighted by Crippen LogP contribution is -2.28. The van der Waals surface area contributed by atoms with Crippen molar-refractivity contribution in [2.75, 3.05) is 13.7 Å². The van der Waals surface area contributed by atoms with Crippen LogP contribution in [0.5, 0.6) is 0 Å². The molecule has 0 aromatic rings. The van der Waals surface area contributed by atoms with Crippen molar-refractivity contribution in [3.8, 4) is 0 Å². The number of carbonyl (C=O) groups excluding carboxylic acids is 1. The van der Waals surface area contributed by atoms with Crippen LogP contribution in [0.15, 0.2) is 12.2 Å². The van der Waals surface area contributed by atoms with Gasteiger partial charge in [0.2, 0.25) is 0 Å². The number of rotatable bonds is 19. The highest BCUT2D eigenvalue weighted by Crippen LogP contribution is 2.10. The third-order valence-electron chi connectivity index (χ3n) is 4.53. The molecule has 0 saturated heterocycles. The van der Waals surface area contributed by atoms with Gasteiger partial charge in [0, 0.05) is 20.0 Å². The minimum absolute atomic E-state index is 0.189. The molecule has 0 aromatic heterocycles. The summed E-state index contributed by atoms with van der Waals surface area (Å²) < 4.78 is 10.0. The fraction of sp³-hybridized carbons (Fsp3) is 0.864. The van der Waals surface area contributed by atoms with Gasteiger partial charge in [-0.05, 0) is 32.1 Å². The van der Waals surface area contributed by atoms with Crippen LogP contribution < -0.4 is 5.73 Å². The van der Waals surface area contributed by atoms with E-state index in [4.69, 9.17) is 15.2 Å². The first-order valence-electron chi connectivity index (χ1n) is 10.8. The smallest absolute Gasteiger partial charge is 0.307 e. The Morgan fingerprint density at radius 1 is 0.885 bits per heavy atom. The molecule has 0 radical (unpaired) electrons. The van der Waals surface area contributed by atoms with Gasteiger partial charge < -0.3 is 9.47 Å². The highest BCUT2D eigenvalue weighted by atomic mass is 16.6. The number of methoxy groups -OCH3 is 1. The predicted octanol–water partition coefficient (Wildman–Crippen LogP) is 5.89. The van der Waals surface area contributed by atoms with Gasteiger partial charge in [0.05, 0.1) is 6.61 Å². The van der Waals surface area contributed by atoms with Crippen LogP contribution in [-0.2, 0) is 14.3 Å². The van der Waals surface area contributed by atoms with Gasteiger partial charge in [0.25, 0.3) is 0 Å². The quantitative estimate of drug-likeness (QED) is 0.133. The lowest BCUT2D eigenvalue weighted by molar-refractivity contribution is -0.149. The number of ether oxygens (including phenoxy) is 2. The van der Waals surface area contributed by atoms with Gasteiger partial charge in [-0.2, -0.15) is 0 Å². The normalized spacial score (nSPS) is 12.6. The fourth-order valence-electron chi connectivity index (χ4n) is 2.86. The van der Waals surface area contributed by atoms with Gasteiger partial charge in [-0.1, -0.05) is 70.4 Å². The third-order valence-corrected chi connectivity index (χ3v) is 4.53. The summed E-state index contributed by atoms with van der Waals surface area (Å²) in [5, 5.41) is 0. The van der Waals surface area contributed by atoms with E-state index in [9.17, 15) is 4.79 Å². The Morgan fingerprint density at radius 3 is 2.00 bits per heavy atom. The van der Waals surface area contributed by atoms with E-state index in [1.807, 2.05) is 0 Å². The monoisotopic (exact) mass is 369 g/mol. The second-order valence-electron chi connectivity index (χ2n) is 7.14. The Bertz CT molecular complexity index is 331. The number of hydrogen-bond donors (Lipinski definition) is 1. The second-order valence-corrected chi connectivity index (χ2v) is 7.14. The highest BCUT2D eigenvalue weighted by Gasteiger charge is 2.08. The first-order valence-corrected chi connectivity index (χ1v) is 10.8. The molecule has 0 amide bonds. The number of carbonyl (C=O) groups is 1. The van der Waals surface area contributed by atoms with E-state index in [2.05, 4.69) is 19.1 Å². The van der Waals surface area contributed by atoms with E-state index < -0.39 is 6.23 Å². The van der Waals surface area contributed by atoms with Crippen LogP contribution in [0, 0.1) is 0 Å². The van der Waals surface area contributed by atoms with Crippen molar-refractivity contribution in [1.82, 2.24) is 0 Å². The molecule has 0 rings (SSSR count). The molecule has 0 aliphatic carbocycles. The molecule has 0 saturated carbocycles. The van der Waals surface area contributed by atoms with Crippen molar-refractivity contribution in [2.45, 2.75) is 109 Å². The summed E-state index contributed by atoms with van der Waals surface area (Å²) in [4.78, 5) is 11.6.